The third kappa shape index (κ3) is 27.5. The quantitative estimate of drug-likeness (QED) is 0.0185. The van der Waals surface area contributed by atoms with E-state index in [4.69, 9.17) is 9.47 Å². The smallest absolute Gasteiger partial charge is 0.249 e. The molecule has 10 heteroatoms. The van der Waals surface area contributed by atoms with Gasteiger partial charge in [-0.25, -0.2) is 0 Å². The molecule has 1 aliphatic heterocycles. The molecule has 8 unspecified atom stereocenters. The van der Waals surface area contributed by atoms with E-state index in [1.165, 1.54) is 116 Å². The Kier molecular flexibility index (Phi) is 34.6. The van der Waals surface area contributed by atoms with Gasteiger partial charge in [-0.15, -0.1) is 0 Å². The summed E-state index contributed by atoms with van der Waals surface area (Å²) in [5, 5.41) is 64.5. The summed E-state index contributed by atoms with van der Waals surface area (Å²) in [6.45, 7) is 3.54. The fourth-order valence-electron chi connectivity index (χ4n) is 6.93. The molecule has 8 atom stereocenters. The van der Waals surface area contributed by atoms with E-state index in [2.05, 4.69) is 49.5 Å². The van der Waals surface area contributed by atoms with Gasteiger partial charge in [0.25, 0.3) is 0 Å². The Morgan fingerprint density at radius 1 is 0.614 bits per heavy atom. The minimum absolute atomic E-state index is 0.296. The van der Waals surface area contributed by atoms with Crippen molar-refractivity contribution in [1.82, 2.24) is 5.32 Å². The summed E-state index contributed by atoms with van der Waals surface area (Å²) in [6.07, 6.45) is 36.3. The van der Waals surface area contributed by atoms with Crippen molar-refractivity contribution in [2.45, 2.75) is 230 Å². The van der Waals surface area contributed by atoms with Crippen molar-refractivity contribution < 1.29 is 44.9 Å². The van der Waals surface area contributed by atoms with Gasteiger partial charge in [0.05, 0.1) is 25.4 Å². The van der Waals surface area contributed by atoms with Gasteiger partial charge in [0.1, 0.15) is 30.5 Å². The average Bonchev–Trinajstić information content (AvgIpc) is 3.21. The summed E-state index contributed by atoms with van der Waals surface area (Å²) < 4.78 is 11.1. The van der Waals surface area contributed by atoms with E-state index in [1.54, 1.807) is 6.08 Å². The van der Waals surface area contributed by atoms with E-state index >= 15 is 0 Å². The second-order valence-electron chi connectivity index (χ2n) is 16.0. The number of rotatable bonds is 37. The van der Waals surface area contributed by atoms with Gasteiger partial charge in [0, 0.05) is 0 Å². The molecule has 1 fully saturated rings. The highest BCUT2D eigenvalue weighted by molar-refractivity contribution is 5.80. The molecule has 10 nitrogen and oxygen atoms in total. The van der Waals surface area contributed by atoms with Crippen LogP contribution in [0.15, 0.2) is 48.6 Å². The molecule has 1 rings (SSSR count). The summed E-state index contributed by atoms with van der Waals surface area (Å²) in [6, 6.07) is -1.01. The van der Waals surface area contributed by atoms with Crippen LogP contribution in [0, 0.1) is 0 Å². The molecule has 57 heavy (non-hydrogen) atoms. The van der Waals surface area contributed by atoms with Gasteiger partial charge in [0.2, 0.25) is 5.91 Å². The van der Waals surface area contributed by atoms with Crippen LogP contribution in [0.4, 0.5) is 0 Å². The zero-order chi connectivity index (χ0) is 41.8. The number of aliphatic hydroxyl groups is 6. The molecule has 0 saturated carbocycles. The second-order valence-corrected chi connectivity index (χ2v) is 16.0. The number of allylic oxidation sites excluding steroid dienone is 7. The number of aliphatic hydroxyl groups excluding tert-OH is 6. The van der Waals surface area contributed by atoms with Crippen LogP contribution in [-0.4, -0.2) is 98.7 Å². The van der Waals surface area contributed by atoms with E-state index in [9.17, 15) is 35.4 Å². The first kappa shape index (κ1) is 53.1. The molecular weight excluding hydrogens is 723 g/mol. The molecule has 1 heterocycles. The third-order valence-corrected chi connectivity index (χ3v) is 10.8. The average molecular weight is 808 g/mol. The van der Waals surface area contributed by atoms with Gasteiger partial charge in [0.15, 0.2) is 6.29 Å². The van der Waals surface area contributed by atoms with Gasteiger partial charge < -0.3 is 45.4 Å². The van der Waals surface area contributed by atoms with E-state index in [1.807, 2.05) is 12.2 Å². The number of nitrogens with one attached hydrogen (secondary N) is 1. The lowest BCUT2D eigenvalue weighted by Gasteiger charge is -2.40. The molecule has 0 spiro atoms. The number of ether oxygens (including phenoxy) is 2. The predicted octanol–water partition coefficient (Wildman–Crippen LogP) is 8.42. The van der Waals surface area contributed by atoms with Crippen LogP contribution in [0.2, 0.25) is 0 Å². The first-order valence-corrected chi connectivity index (χ1v) is 23.0. The lowest BCUT2D eigenvalue weighted by atomic mass is 9.99. The lowest BCUT2D eigenvalue weighted by Crippen LogP contribution is -2.60. The Bertz CT molecular complexity index is 1050. The van der Waals surface area contributed by atoms with Crippen LogP contribution in [-0.2, 0) is 14.3 Å². The monoisotopic (exact) mass is 808 g/mol. The standard InChI is InChI=1S/C47H85NO9/c1-3-5-7-9-11-13-15-17-18-19-20-21-22-24-26-28-30-32-34-36-41(51)46(55)48-39(38-56-47-45(54)44(53)43(52)42(37-49)57-47)40(50)35-33-31-29-27-25-23-16-14-12-10-8-6-4-2/h16-18,23,25,27,33,35,39-45,47,49-54H,3-15,19-22,24,26,28-32,34,36-38H2,1-2H3,(H,48,55). The third-order valence-electron chi connectivity index (χ3n) is 10.8. The second kappa shape index (κ2) is 37.1. The highest BCUT2D eigenvalue weighted by atomic mass is 16.7. The number of carbonyl (C=O) groups is 1. The Morgan fingerprint density at radius 2 is 1.09 bits per heavy atom. The van der Waals surface area contributed by atoms with Gasteiger partial charge in [-0.05, 0) is 57.8 Å². The number of unbranched alkanes of at least 4 members (excludes halogenated alkanes) is 21. The largest absolute Gasteiger partial charge is 0.394 e. The van der Waals surface area contributed by atoms with Crippen LogP contribution in [0.1, 0.15) is 181 Å². The summed E-state index contributed by atoms with van der Waals surface area (Å²) >= 11 is 0. The SMILES string of the molecule is CCCCCCCC=CC=CCCC=CC(O)C(COC1OC(CO)C(O)C(O)C1O)NC(=O)C(O)CCCCCCCCCCCC=CCCCCCCCC. The van der Waals surface area contributed by atoms with Crippen LogP contribution in [0.5, 0.6) is 0 Å². The maximum atomic E-state index is 13.0. The van der Waals surface area contributed by atoms with E-state index in [-0.39, 0.29) is 6.61 Å². The maximum absolute atomic E-state index is 13.0. The minimum atomic E-state index is -1.62. The van der Waals surface area contributed by atoms with Crippen molar-refractivity contribution in [1.29, 1.82) is 0 Å². The summed E-state index contributed by atoms with van der Waals surface area (Å²) in [5.41, 5.74) is 0. The Morgan fingerprint density at radius 3 is 1.63 bits per heavy atom. The normalized spacial score (nSPS) is 22.0. The lowest BCUT2D eigenvalue weighted by molar-refractivity contribution is -0.302. The molecule has 332 valence electrons. The van der Waals surface area contributed by atoms with Crippen molar-refractivity contribution in [2.24, 2.45) is 0 Å². The summed E-state index contributed by atoms with van der Waals surface area (Å²) in [4.78, 5) is 13.0. The fourth-order valence-corrected chi connectivity index (χ4v) is 6.93. The first-order valence-electron chi connectivity index (χ1n) is 23.0. The highest BCUT2D eigenvalue weighted by Gasteiger charge is 2.44. The van der Waals surface area contributed by atoms with Crippen LogP contribution in [0.3, 0.4) is 0 Å². The molecule has 0 aromatic rings. The highest BCUT2D eigenvalue weighted by Crippen LogP contribution is 2.22. The molecule has 0 radical (unpaired) electrons. The van der Waals surface area contributed by atoms with Crippen LogP contribution in [0.25, 0.3) is 0 Å². The van der Waals surface area contributed by atoms with Gasteiger partial charge in [-0.2, -0.15) is 0 Å². The van der Waals surface area contributed by atoms with Crippen molar-refractivity contribution in [3.05, 3.63) is 48.6 Å². The van der Waals surface area contributed by atoms with E-state index < -0.39 is 61.5 Å². The van der Waals surface area contributed by atoms with Crippen LogP contribution < -0.4 is 5.32 Å². The van der Waals surface area contributed by atoms with Crippen molar-refractivity contribution in [3.63, 3.8) is 0 Å². The molecule has 0 aromatic carbocycles. The van der Waals surface area contributed by atoms with Gasteiger partial charge in [-0.3, -0.25) is 4.79 Å². The van der Waals surface area contributed by atoms with Gasteiger partial charge >= 0.3 is 0 Å². The number of hydrogen-bond acceptors (Lipinski definition) is 9. The molecule has 7 N–H and O–H groups in total. The topological polar surface area (TPSA) is 169 Å². The van der Waals surface area contributed by atoms with E-state index in [0.717, 1.165) is 32.1 Å². The summed E-state index contributed by atoms with van der Waals surface area (Å²) in [7, 11) is 0. The number of amides is 1. The molecular formula is C47H85NO9. The maximum Gasteiger partial charge on any atom is 0.249 e. The minimum Gasteiger partial charge on any atom is -0.394 e. The predicted molar refractivity (Wildman–Crippen MR) is 232 cm³/mol. The Balaban J connectivity index is 2.43. The molecule has 1 aliphatic rings. The number of hydrogen-bond donors (Lipinski definition) is 7. The van der Waals surface area contributed by atoms with Crippen molar-refractivity contribution in [2.75, 3.05) is 13.2 Å². The zero-order valence-corrected chi connectivity index (χ0v) is 35.9. The Labute approximate surface area is 346 Å². The van der Waals surface area contributed by atoms with E-state index in [0.29, 0.717) is 19.3 Å². The van der Waals surface area contributed by atoms with Gasteiger partial charge in [-0.1, -0.05) is 172 Å². The van der Waals surface area contributed by atoms with Crippen molar-refractivity contribution in [3.8, 4) is 0 Å². The first-order chi connectivity index (χ1) is 27.8. The molecule has 0 aromatic heterocycles. The molecule has 0 bridgehead atoms. The molecule has 0 aliphatic carbocycles. The van der Waals surface area contributed by atoms with Crippen LogP contribution >= 0.6 is 0 Å². The zero-order valence-electron chi connectivity index (χ0n) is 35.9. The Hall–Kier alpha value is -1.89. The summed E-state index contributed by atoms with van der Waals surface area (Å²) in [5.74, 6) is -0.637. The van der Waals surface area contributed by atoms with Crippen molar-refractivity contribution >= 4 is 5.91 Å². The molecule has 1 amide bonds. The molecule has 1 saturated heterocycles. The number of carbonyl (C=O) groups excluding carboxylic acids is 1. The fraction of sp³-hybridized carbons (Fsp3) is 0.809.